The zero-order chi connectivity index (χ0) is 15.4. The Bertz CT molecular complexity index is 635. The Balaban J connectivity index is 1.56. The Labute approximate surface area is 130 Å². The fourth-order valence-corrected chi connectivity index (χ4v) is 2.98. The normalized spacial score (nSPS) is 13.7. The van der Waals surface area contributed by atoms with E-state index in [1.807, 2.05) is 25.4 Å². The average molecular weight is 298 g/mol. The van der Waals surface area contributed by atoms with Crippen LogP contribution in [0.15, 0.2) is 24.5 Å². The van der Waals surface area contributed by atoms with E-state index >= 15 is 0 Å². The molecule has 0 spiro atoms. The highest BCUT2D eigenvalue weighted by atomic mass is 16.2. The molecule has 0 bridgehead atoms. The van der Waals surface area contributed by atoms with Gasteiger partial charge in [0.05, 0.1) is 12.2 Å². The summed E-state index contributed by atoms with van der Waals surface area (Å²) in [6.45, 7) is 0.595. The maximum absolute atomic E-state index is 12.3. The van der Waals surface area contributed by atoms with Crippen molar-refractivity contribution >= 4 is 5.91 Å². The van der Waals surface area contributed by atoms with Gasteiger partial charge >= 0.3 is 0 Å². The third-order valence-corrected chi connectivity index (χ3v) is 4.31. The van der Waals surface area contributed by atoms with E-state index in [2.05, 4.69) is 15.2 Å². The van der Waals surface area contributed by atoms with Crippen LogP contribution in [0.4, 0.5) is 0 Å². The Morgan fingerprint density at radius 2 is 2.23 bits per heavy atom. The number of nitrogens with zero attached hydrogens (tertiary/aromatic N) is 3. The van der Waals surface area contributed by atoms with Gasteiger partial charge in [0.25, 0.3) is 0 Å². The van der Waals surface area contributed by atoms with Crippen LogP contribution in [0.1, 0.15) is 41.8 Å². The molecule has 2 aromatic rings. The number of pyridine rings is 1. The number of aromatic nitrogens is 3. The van der Waals surface area contributed by atoms with Crippen LogP contribution in [0.5, 0.6) is 0 Å². The van der Waals surface area contributed by atoms with Gasteiger partial charge in [-0.25, -0.2) is 0 Å². The monoisotopic (exact) mass is 298 g/mol. The first-order valence-electron chi connectivity index (χ1n) is 7.92. The highest BCUT2D eigenvalue weighted by Gasteiger charge is 2.19. The number of carbonyl (C=O) groups is 1. The maximum atomic E-state index is 12.3. The van der Waals surface area contributed by atoms with E-state index in [1.54, 1.807) is 11.1 Å². The van der Waals surface area contributed by atoms with E-state index in [-0.39, 0.29) is 5.91 Å². The molecule has 0 saturated heterocycles. The SMILES string of the molecule is CN(Cc1n[nH]c2c1CCCC2)C(=O)CCc1cccnc1. The minimum atomic E-state index is 0.149. The molecular formula is C17H22N4O. The third-order valence-electron chi connectivity index (χ3n) is 4.31. The standard InChI is InChI=1S/C17H22N4O/c1-21(17(22)9-8-13-5-4-10-18-11-13)12-16-14-6-2-3-7-15(14)19-20-16/h4-5,10-11H,2-3,6-9,12H2,1H3,(H,19,20). The molecule has 5 heteroatoms. The molecule has 22 heavy (non-hydrogen) atoms. The molecule has 0 saturated carbocycles. The fraction of sp³-hybridized carbons (Fsp3) is 0.471. The summed E-state index contributed by atoms with van der Waals surface area (Å²) in [6, 6.07) is 3.91. The van der Waals surface area contributed by atoms with Gasteiger partial charge in [-0.05, 0) is 49.3 Å². The largest absolute Gasteiger partial charge is 0.340 e. The summed E-state index contributed by atoms with van der Waals surface area (Å²) in [7, 11) is 1.86. The lowest BCUT2D eigenvalue weighted by molar-refractivity contribution is -0.130. The smallest absolute Gasteiger partial charge is 0.222 e. The van der Waals surface area contributed by atoms with Crippen molar-refractivity contribution in [3.63, 3.8) is 0 Å². The number of rotatable bonds is 5. The van der Waals surface area contributed by atoms with Gasteiger partial charge in [0.2, 0.25) is 5.91 Å². The Kier molecular flexibility index (Phi) is 4.51. The highest BCUT2D eigenvalue weighted by Crippen LogP contribution is 2.23. The summed E-state index contributed by atoms with van der Waals surface area (Å²) >= 11 is 0. The zero-order valence-corrected chi connectivity index (χ0v) is 13.0. The molecule has 1 N–H and O–H groups in total. The summed E-state index contributed by atoms with van der Waals surface area (Å²) < 4.78 is 0. The highest BCUT2D eigenvalue weighted by molar-refractivity contribution is 5.76. The predicted octanol–water partition coefficient (Wildman–Crippen LogP) is 2.27. The van der Waals surface area contributed by atoms with Gasteiger partial charge in [-0.1, -0.05) is 6.07 Å². The number of fused-ring (bicyclic) bond motifs is 1. The molecule has 0 aliphatic heterocycles. The molecule has 2 aromatic heterocycles. The van der Waals surface area contributed by atoms with Crippen LogP contribution in [-0.2, 0) is 30.6 Å². The molecule has 1 aliphatic carbocycles. The van der Waals surface area contributed by atoms with Gasteiger partial charge in [0, 0.05) is 31.6 Å². The van der Waals surface area contributed by atoms with E-state index in [0.29, 0.717) is 13.0 Å². The van der Waals surface area contributed by atoms with Crippen molar-refractivity contribution in [3.8, 4) is 0 Å². The van der Waals surface area contributed by atoms with E-state index in [1.165, 1.54) is 24.1 Å². The molecule has 0 radical (unpaired) electrons. The molecule has 116 valence electrons. The van der Waals surface area contributed by atoms with Crippen LogP contribution >= 0.6 is 0 Å². The lowest BCUT2D eigenvalue weighted by Crippen LogP contribution is -2.27. The van der Waals surface area contributed by atoms with E-state index in [4.69, 9.17) is 0 Å². The second-order valence-corrected chi connectivity index (χ2v) is 5.95. The second kappa shape index (κ2) is 6.73. The minimum Gasteiger partial charge on any atom is -0.340 e. The fourth-order valence-electron chi connectivity index (χ4n) is 2.98. The average Bonchev–Trinajstić information content (AvgIpc) is 2.97. The molecule has 1 aliphatic rings. The summed E-state index contributed by atoms with van der Waals surface area (Å²) in [5, 5.41) is 7.54. The topological polar surface area (TPSA) is 61.9 Å². The van der Waals surface area contributed by atoms with Crippen LogP contribution in [0.2, 0.25) is 0 Å². The minimum absolute atomic E-state index is 0.149. The van der Waals surface area contributed by atoms with E-state index < -0.39 is 0 Å². The second-order valence-electron chi connectivity index (χ2n) is 5.95. The quantitative estimate of drug-likeness (QED) is 0.921. The molecule has 0 fully saturated rings. The maximum Gasteiger partial charge on any atom is 0.222 e. The molecule has 0 unspecified atom stereocenters. The van der Waals surface area contributed by atoms with Gasteiger partial charge in [-0.3, -0.25) is 14.9 Å². The van der Waals surface area contributed by atoms with E-state index in [0.717, 1.165) is 30.5 Å². The van der Waals surface area contributed by atoms with E-state index in [9.17, 15) is 4.79 Å². The van der Waals surface area contributed by atoms with Gasteiger partial charge in [0.1, 0.15) is 0 Å². The zero-order valence-electron chi connectivity index (χ0n) is 13.0. The van der Waals surface area contributed by atoms with Crippen molar-refractivity contribution in [2.45, 2.75) is 45.1 Å². The van der Waals surface area contributed by atoms with Gasteiger partial charge < -0.3 is 4.90 Å². The van der Waals surface area contributed by atoms with Crippen molar-refractivity contribution in [3.05, 3.63) is 47.0 Å². The molecular weight excluding hydrogens is 276 g/mol. The Morgan fingerprint density at radius 3 is 3.05 bits per heavy atom. The third kappa shape index (κ3) is 3.35. The summed E-state index contributed by atoms with van der Waals surface area (Å²) in [6.07, 6.45) is 9.42. The molecule has 3 rings (SSSR count). The van der Waals surface area contributed by atoms with Crippen molar-refractivity contribution < 1.29 is 4.79 Å². The molecule has 0 atom stereocenters. The van der Waals surface area contributed by atoms with Crippen LogP contribution in [0.25, 0.3) is 0 Å². The van der Waals surface area contributed by atoms with Gasteiger partial charge in [-0.2, -0.15) is 5.10 Å². The summed E-state index contributed by atoms with van der Waals surface area (Å²) in [5.74, 6) is 0.149. The first-order chi connectivity index (χ1) is 10.7. The van der Waals surface area contributed by atoms with Crippen LogP contribution in [0, 0.1) is 0 Å². The number of aryl methyl sites for hydroxylation is 2. The number of nitrogens with one attached hydrogen (secondary N) is 1. The lowest BCUT2D eigenvalue weighted by Gasteiger charge is -2.18. The summed E-state index contributed by atoms with van der Waals surface area (Å²) in [4.78, 5) is 18.1. The number of aromatic amines is 1. The number of amides is 1. The lowest BCUT2D eigenvalue weighted by atomic mass is 9.96. The molecule has 2 heterocycles. The molecule has 5 nitrogen and oxygen atoms in total. The molecule has 0 aromatic carbocycles. The first kappa shape index (κ1) is 14.8. The van der Waals surface area contributed by atoms with Crippen LogP contribution in [0.3, 0.4) is 0 Å². The Hall–Kier alpha value is -2.17. The summed E-state index contributed by atoms with van der Waals surface area (Å²) in [5.41, 5.74) is 4.73. The number of hydrogen-bond donors (Lipinski definition) is 1. The number of carbonyl (C=O) groups excluding carboxylic acids is 1. The number of hydrogen-bond acceptors (Lipinski definition) is 3. The van der Waals surface area contributed by atoms with Crippen molar-refractivity contribution in [1.29, 1.82) is 0 Å². The molecule has 1 amide bonds. The van der Waals surface area contributed by atoms with Crippen LogP contribution < -0.4 is 0 Å². The van der Waals surface area contributed by atoms with Crippen molar-refractivity contribution in [2.75, 3.05) is 7.05 Å². The number of H-pyrrole nitrogens is 1. The predicted molar refractivity (Wildman–Crippen MR) is 84.3 cm³/mol. The van der Waals surface area contributed by atoms with Crippen molar-refractivity contribution in [2.24, 2.45) is 0 Å². The first-order valence-corrected chi connectivity index (χ1v) is 7.92. The van der Waals surface area contributed by atoms with Gasteiger partial charge in [-0.15, -0.1) is 0 Å². The van der Waals surface area contributed by atoms with Crippen LogP contribution in [-0.4, -0.2) is 33.0 Å². The van der Waals surface area contributed by atoms with Gasteiger partial charge in [0.15, 0.2) is 0 Å². The Morgan fingerprint density at radius 1 is 1.36 bits per heavy atom. The van der Waals surface area contributed by atoms with Crippen molar-refractivity contribution in [1.82, 2.24) is 20.1 Å².